The summed E-state index contributed by atoms with van der Waals surface area (Å²) < 4.78 is 5.02. The molecule has 0 unspecified atom stereocenters. The minimum Gasteiger partial charge on any atom is -0.449 e. The van der Waals surface area contributed by atoms with Crippen LogP contribution in [0.5, 0.6) is 0 Å². The molecule has 1 atom stereocenters. The van der Waals surface area contributed by atoms with E-state index in [1.807, 2.05) is 42.5 Å². The number of carbonyl (C=O) groups excluding carboxylic acids is 3. The minimum absolute atomic E-state index is 0.106. The molecule has 7 heteroatoms. The first-order chi connectivity index (χ1) is 12.8. The Bertz CT molecular complexity index is 828. The summed E-state index contributed by atoms with van der Waals surface area (Å²) in [7, 11) is 0. The Balaban J connectivity index is 1.87. The van der Waals surface area contributed by atoms with Crippen LogP contribution in [0.1, 0.15) is 25.6 Å². The van der Waals surface area contributed by atoms with Crippen molar-refractivity contribution in [3.63, 3.8) is 0 Å². The molecular weight excluding hydrogens is 364 g/mol. The number of carbonyl (C=O) groups is 3. The van der Waals surface area contributed by atoms with E-state index in [4.69, 9.17) is 4.74 Å². The number of ether oxygens (including phenoxy) is 1. The number of amides is 3. The van der Waals surface area contributed by atoms with Gasteiger partial charge in [-0.3, -0.25) is 10.1 Å². The lowest BCUT2D eigenvalue weighted by atomic mass is 10.2. The highest BCUT2D eigenvalue weighted by Crippen LogP contribution is 2.28. The molecule has 0 spiro atoms. The lowest BCUT2D eigenvalue weighted by Gasteiger charge is -2.13. The summed E-state index contributed by atoms with van der Waals surface area (Å²) in [6.45, 7) is 4.94. The molecule has 0 aliphatic carbocycles. The van der Waals surface area contributed by atoms with Crippen molar-refractivity contribution in [1.82, 2.24) is 10.6 Å². The summed E-state index contributed by atoms with van der Waals surface area (Å²) in [5, 5.41) is 4.64. The maximum atomic E-state index is 11.9. The van der Waals surface area contributed by atoms with Crippen LogP contribution in [0.4, 0.5) is 4.79 Å². The van der Waals surface area contributed by atoms with Gasteiger partial charge in [-0.15, -0.1) is 11.3 Å². The van der Waals surface area contributed by atoms with Gasteiger partial charge < -0.3 is 10.1 Å². The fourth-order valence-corrected chi connectivity index (χ4v) is 3.05. The average Bonchev–Trinajstić information content (AvgIpc) is 3.09. The van der Waals surface area contributed by atoms with E-state index < -0.39 is 24.0 Å². The van der Waals surface area contributed by atoms with E-state index in [1.54, 1.807) is 31.3 Å². The number of benzene rings is 1. The third-order valence-corrected chi connectivity index (χ3v) is 4.49. The van der Waals surface area contributed by atoms with Gasteiger partial charge in [0, 0.05) is 21.9 Å². The average molecular weight is 386 g/mol. The molecule has 142 valence electrons. The fourth-order valence-electron chi connectivity index (χ4n) is 2.13. The molecule has 0 aliphatic heterocycles. The summed E-state index contributed by atoms with van der Waals surface area (Å²) in [5.41, 5.74) is 1.11. The molecule has 3 amide bonds. The second kappa shape index (κ2) is 9.68. The van der Waals surface area contributed by atoms with Gasteiger partial charge in [0.05, 0.1) is 0 Å². The third-order valence-electron chi connectivity index (χ3n) is 3.39. The molecule has 0 bridgehead atoms. The van der Waals surface area contributed by atoms with Crippen LogP contribution in [0, 0.1) is 0 Å². The standard InChI is InChI=1S/C20H22N2O4S/c1-13(2)21-20(25)22-19(24)14(3)26-18(23)12-10-16-9-11-17(27-16)15-7-5-4-6-8-15/h4-14H,1-3H3,(H2,21,22,24,25)/b12-10+/t14-/m1/s1. The van der Waals surface area contributed by atoms with Gasteiger partial charge in [-0.05, 0) is 44.5 Å². The first kappa shape index (κ1) is 20.4. The zero-order valence-corrected chi connectivity index (χ0v) is 16.2. The van der Waals surface area contributed by atoms with Gasteiger partial charge in [0.15, 0.2) is 6.10 Å². The molecule has 1 aromatic carbocycles. The molecule has 2 N–H and O–H groups in total. The Morgan fingerprint density at radius 2 is 1.74 bits per heavy atom. The number of imide groups is 1. The highest BCUT2D eigenvalue weighted by Gasteiger charge is 2.19. The first-order valence-electron chi connectivity index (χ1n) is 8.50. The zero-order valence-electron chi connectivity index (χ0n) is 15.4. The number of thiophene rings is 1. The molecule has 0 saturated heterocycles. The Hall–Kier alpha value is -2.93. The van der Waals surface area contributed by atoms with E-state index in [0.29, 0.717) is 0 Å². The van der Waals surface area contributed by atoms with Crippen LogP contribution in [0.3, 0.4) is 0 Å². The summed E-state index contributed by atoms with van der Waals surface area (Å²) in [6, 6.07) is 13.1. The third kappa shape index (κ3) is 6.71. The molecule has 1 aromatic heterocycles. The number of hydrogen-bond acceptors (Lipinski definition) is 5. The Kier molecular flexibility index (Phi) is 7.31. The van der Waals surface area contributed by atoms with Crippen LogP contribution < -0.4 is 10.6 Å². The Labute approximate surface area is 162 Å². The van der Waals surface area contributed by atoms with Crippen LogP contribution in [0.2, 0.25) is 0 Å². The van der Waals surface area contributed by atoms with Gasteiger partial charge >= 0.3 is 12.0 Å². The second-order valence-electron chi connectivity index (χ2n) is 6.10. The minimum atomic E-state index is -1.08. The molecule has 0 saturated carbocycles. The summed E-state index contributed by atoms with van der Waals surface area (Å²) >= 11 is 1.54. The van der Waals surface area contributed by atoms with Gasteiger partial charge in [0.2, 0.25) is 0 Å². The fraction of sp³-hybridized carbons (Fsp3) is 0.250. The monoisotopic (exact) mass is 386 g/mol. The van der Waals surface area contributed by atoms with Gasteiger partial charge in [-0.25, -0.2) is 9.59 Å². The number of nitrogens with one attached hydrogen (secondary N) is 2. The highest BCUT2D eigenvalue weighted by atomic mass is 32.1. The van der Waals surface area contributed by atoms with E-state index in [-0.39, 0.29) is 6.04 Å². The van der Waals surface area contributed by atoms with E-state index in [0.717, 1.165) is 15.3 Å². The van der Waals surface area contributed by atoms with E-state index >= 15 is 0 Å². The number of esters is 1. The molecule has 0 radical (unpaired) electrons. The molecule has 0 fully saturated rings. The van der Waals surface area contributed by atoms with E-state index in [1.165, 1.54) is 13.0 Å². The zero-order chi connectivity index (χ0) is 19.8. The number of rotatable bonds is 6. The van der Waals surface area contributed by atoms with Crippen LogP contribution >= 0.6 is 11.3 Å². The van der Waals surface area contributed by atoms with Crippen LogP contribution in [0.15, 0.2) is 48.5 Å². The SMILES string of the molecule is CC(C)NC(=O)NC(=O)[C@@H](C)OC(=O)/C=C/c1ccc(-c2ccccc2)s1. The largest absolute Gasteiger partial charge is 0.449 e. The van der Waals surface area contributed by atoms with Crippen LogP contribution in [0.25, 0.3) is 16.5 Å². The van der Waals surface area contributed by atoms with Crippen molar-refractivity contribution in [2.45, 2.75) is 32.9 Å². The maximum absolute atomic E-state index is 11.9. The predicted octanol–water partition coefficient (Wildman–Crippen LogP) is 3.59. The quantitative estimate of drug-likeness (QED) is 0.587. The van der Waals surface area contributed by atoms with Crippen molar-refractivity contribution in [3.8, 4) is 10.4 Å². The Morgan fingerprint density at radius 1 is 1.04 bits per heavy atom. The highest BCUT2D eigenvalue weighted by molar-refractivity contribution is 7.16. The smallest absolute Gasteiger partial charge is 0.331 e. The normalized spacial score (nSPS) is 12.0. The van der Waals surface area contributed by atoms with E-state index in [2.05, 4.69) is 10.6 Å². The van der Waals surface area contributed by atoms with Crippen molar-refractivity contribution in [2.24, 2.45) is 0 Å². The van der Waals surface area contributed by atoms with Crippen molar-refractivity contribution in [2.75, 3.05) is 0 Å². The van der Waals surface area contributed by atoms with E-state index in [9.17, 15) is 14.4 Å². The van der Waals surface area contributed by atoms with Crippen LogP contribution in [-0.2, 0) is 14.3 Å². The molecule has 1 heterocycles. The predicted molar refractivity (Wildman–Crippen MR) is 106 cm³/mol. The molecular formula is C20H22N2O4S. The Morgan fingerprint density at radius 3 is 2.41 bits per heavy atom. The maximum Gasteiger partial charge on any atom is 0.331 e. The molecule has 6 nitrogen and oxygen atoms in total. The topological polar surface area (TPSA) is 84.5 Å². The summed E-state index contributed by atoms with van der Waals surface area (Å²) in [5.74, 6) is -1.34. The first-order valence-corrected chi connectivity index (χ1v) is 9.32. The summed E-state index contributed by atoms with van der Waals surface area (Å²) in [4.78, 5) is 37.2. The number of hydrogen-bond donors (Lipinski definition) is 2. The molecule has 27 heavy (non-hydrogen) atoms. The van der Waals surface area contributed by atoms with Gasteiger partial charge in [0.1, 0.15) is 0 Å². The molecule has 2 rings (SSSR count). The lowest BCUT2D eigenvalue weighted by molar-refractivity contribution is -0.149. The second-order valence-corrected chi connectivity index (χ2v) is 7.21. The van der Waals surface area contributed by atoms with Gasteiger partial charge in [0.25, 0.3) is 5.91 Å². The number of urea groups is 1. The summed E-state index contributed by atoms with van der Waals surface area (Å²) in [6.07, 6.45) is 1.82. The van der Waals surface area contributed by atoms with Crippen molar-refractivity contribution < 1.29 is 19.1 Å². The van der Waals surface area contributed by atoms with Crippen LogP contribution in [-0.4, -0.2) is 30.1 Å². The van der Waals surface area contributed by atoms with Crippen molar-refractivity contribution in [3.05, 3.63) is 53.4 Å². The molecule has 0 aliphatic rings. The van der Waals surface area contributed by atoms with Crippen molar-refractivity contribution in [1.29, 1.82) is 0 Å². The van der Waals surface area contributed by atoms with Gasteiger partial charge in [-0.1, -0.05) is 30.3 Å². The van der Waals surface area contributed by atoms with Crippen molar-refractivity contribution >= 4 is 35.3 Å². The molecule has 2 aromatic rings. The van der Waals surface area contributed by atoms with Gasteiger partial charge in [-0.2, -0.15) is 0 Å². The lowest BCUT2D eigenvalue weighted by Crippen LogP contribution is -2.46.